The third-order valence-electron chi connectivity index (χ3n) is 2.97. The Hall–Kier alpha value is -3.49. The van der Waals surface area contributed by atoms with Gasteiger partial charge in [-0.05, 0) is 24.3 Å². The van der Waals surface area contributed by atoms with E-state index in [1.165, 1.54) is 43.5 Å². The topological polar surface area (TPSA) is 125 Å². The molecule has 0 unspecified atom stereocenters. The highest BCUT2D eigenvalue weighted by Crippen LogP contribution is 2.29. The molecule has 23 heavy (non-hydrogen) atoms. The van der Waals surface area contributed by atoms with Crippen molar-refractivity contribution in [3.8, 4) is 0 Å². The predicted octanol–water partition coefficient (Wildman–Crippen LogP) is 3.03. The van der Waals surface area contributed by atoms with Gasteiger partial charge < -0.3 is 10.1 Å². The molecular weight excluding hydrogens is 306 g/mol. The van der Waals surface area contributed by atoms with E-state index >= 15 is 0 Å². The molecule has 0 bridgehead atoms. The molecule has 0 heterocycles. The maximum atomic E-state index is 11.4. The van der Waals surface area contributed by atoms with Gasteiger partial charge in [-0.3, -0.25) is 20.2 Å². The molecule has 0 saturated carbocycles. The number of esters is 1. The zero-order valence-electron chi connectivity index (χ0n) is 11.9. The summed E-state index contributed by atoms with van der Waals surface area (Å²) < 4.78 is 4.52. The highest BCUT2D eigenvalue weighted by atomic mass is 16.6. The Morgan fingerprint density at radius 2 is 1.70 bits per heavy atom. The lowest BCUT2D eigenvalue weighted by Crippen LogP contribution is -2.04. The number of nitro benzene ring substituents is 2. The standard InChI is InChI=1S/C14H11N3O6/c1-23-14(18)9-2-7-12(13(8-9)17(21)22)15-10-3-5-11(6-4-10)16(19)20/h2-8,15H,1H3. The molecule has 1 N–H and O–H groups in total. The quantitative estimate of drug-likeness (QED) is 0.510. The van der Waals surface area contributed by atoms with E-state index in [1.807, 2.05) is 0 Å². The minimum Gasteiger partial charge on any atom is -0.465 e. The molecule has 0 atom stereocenters. The van der Waals surface area contributed by atoms with E-state index in [0.717, 1.165) is 6.07 Å². The van der Waals surface area contributed by atoms with Crippen LogP contribution >= 0.6 is 0 Å². The van der Waals surface area contributed by atoms with Gasteiger partial charge in [0.1, 0.15) is 5.69 Å². The van der Waals surface area contributed by atoms with E-state index in [9.17, 15) is 25.0 Å². The van der Waals surface area contributed by atoms with Crippen molar-refractivity contribution < 1.29 is 19.4 Å². The predicted molar refractivity (Wildman–Crippen MR) is 80.8 cm³/mol. The van der Waals surface area contributed by atoms with Crippen LogP contribution in [0.3, 0.4) is 0 Å². The van der Waals surface area contributed by atoms with Crippen molar-refractivity contribution in [3.05, 3.63) is 68.3 Å². The van der Waals surface area contributed by atoms with Crippen molar-refractivity contribution in [2.75, 3.05) is 12.4 Å². The van der Waals surface area contributed by atoms with Crippen LogP contribution in [0.15, 0.2) is 42.5 Å². The summed E-state index contributed by atoms with van der Waals surface area (Å²) in [5, 5.41) is 24.5. The van der Waals surface area contributed by atoms with Gasteiger partial charge >= 0.3 is 5.97 Å². The molecule has 2 aromatic rings. The van der Waals surface area contributed by atoms with E-state index in [-0.39, 0.29) is 22.6 Å². The number of rotatable bonds is 5. The van der Waals surface area contributed by atoms with E-state index in [1.54, 1.807) is 0 Å². The number of hydrogen-bond acceptors (Lipinski definition) is 7. The monoisotopic (exact) mass is 317 g/mol. The zero-order valence-corrected chi connectivity index (χ0v) is 11.9. The number of carbonyl (C=O) groups is 1. The van der Waals surface area contributed by atoms with Crippen molar-refractivity contribution in [2.24, 2.45) is 0 Å². The summed E-state index contributed by atoms with van der Waals surface area (Å²) >= 11 is 0. The van der Waals surface area contributed by atoms with Gasteiger partial charge in [-0.15, -0.1) is 0 Å². The van der Waals surface area contributed by atoms with Gasteiger partial charge in [0.2, 0.25) is 0 Å². The molecule has 0 aliphatic carbocycles. The molecule has 2 aromatic carbocycles. The average Bonchev–Trinajstić information content (AvgIpc) is 2.54. The van der Waals surface area contributed by atoms with E-state index in [4.69, 9.17) is 0 Å². The second-order valence-corrected chi connectivity index (χ2v) is 4.41. The molecule has 9 nitrogen and oxygen atoms in total. The molecule has 0 amide bonds. The molecule has 2 rings (SSSR count). The van der Waals surface area contributed by atoms with Gasteiger partial charge in [0.25, 0.3) is 11.4 Å². The van der Waals surface area contributed by atoms with Crippen LogP contribution in [0, 0.1) is 20.2 Å². The Bertz CT molecular complexity index is 773. The number of nitro groups is 2. The van der Waals surface area contributed by atoms with Crippen LogP contribution < -0.4 is 5.32 Å². The fourth-order valence-corrected chi connectivity index (χ4v) is 1.86. The summed E-state index contributed by atoms with van der Waals surface area (Å²) in [6, 6.07) is 9.25. The number of benzene rings is 2. The summed E-state index contributed by atoms with van der Waals surface area (Å²) in [5.74, 6) is -0.685. The van der Waals surface area contributed by atoms with Crippen molar-refractivity contribution in [2.45, 2.75) is 0 Å². The fourth-order valence-electron chi connectivity index (χ4n) is 1.86. The van der Waals surface area contributed by atoms with Gasteiger partial charge in [-0.1, -0.05) is 0 Å². The largest absolute Gasteiger partial charge is 0.465 e. The Balaban J connectivity index is 2.33. The van der Waals surface area contributed by atoms with Crippen LogP contribution in [0.5, 0.6) is 0 Å². The van der Waals surface area contributed by atoms with Gasteiger partial charge in [-0.2, -0.15) is 0 Å². The molecule has 118 valence electrons. The van der Waals surface area contributed by atoms with Gasteiger partial charge in [0, 0.05) is 23.9 Å². The van der Waals surface area contributed by atoms with E-state index in [0.29, 0.717) is 5.69 Å². The minimum atomic E-state index is -0.685. The average molecular weight is 317 g/mol. The first-order chi connectivity index (χ1) is 10.9. The summed E-state index contributed by atoms with van der Waals surface area (Å²) in [6.07, 6.45) is 0. The highest BCUT2D eigenvalue weighted by Gasteiger charge is 2.18. The number of anilines is 2. The molecule has 0 fully saturated rings. The molecule has 0 aliphatic rings. The molecule has 0 aliphatic heterocycles. The number of nitrogens with zero attached hydrogens (tertiary/aromatic N) is 2. The maximum absolute atomic E-state index is 11.4. The van der Waals surface area contributed by atoms with Crippen LogP contribution in [0.25, 0.3) is 0 Å². The smallest absolute Gasteiger partial charge is 0.338 e. The molecule has 0 spiro atoms. The Kier molecular flexibility index (Phi) is 4.50. The molecule has 0 aromatic heterocycles. The number of methoxy groups -OCH3 is 1. The van der Waals surface area contributed by atoms with Crippen LogP contribution in [0.1, 0.15) is 10.4 Å². The Morgan fingerprint density at radius 1 is 1.04 bits per heavy atom. The summed E-state index contributed by atoms with van der Waals surface area (Å²) in [5.41, 5.74) is 0.229. The third-order valence-corrected chi connectivity index (χ3v) is 2.97. The number of nitrogens with one attached hydrogen (secondary N) is 1. The number of hydrogen-bond donors (Lipinski definition) is 1. The van der Waals surface area contributed by atoms with E-state index < -0.39 is 15.8 Å². The van der Waals surface area contributed by atoms with Gasteiger partial charge in [0.05, 0.1) is 22.5 Å². The Morgan fingerprint density at radius 3 is 2.22 bits per heavy atom. The van der Waals surface area contributed by atoms with Gasteiger partial charge in [0.15, 0.2) is 0 Å². The van der Waals surface area contributed by atoms with Crippen LogP contribution in [-0.2, 0) is 4.74 Å². The normalized spacial score (nSPS) is 9.96. The summed E-state index contributed by atoms with van der Waals surface area (Å²) in [6.45, 7) is 0. The summed E-state index contributed by atoms with van der Waals surface area (Å²) in [7, 11) is 1.18. The lowest BCUT2D eigenvalue weighted by Gasteiger charge is -2.08. The van der Waals surface area contributed by atoms with Crippen molar-refractivity contribution >= 4 is 28.7 Å². The molecule has 9 heteroatoms. The first kappa shape index (κ1) is 15.9. The SMILES string of the molecule is COC(=O)c1ccc(Nc2ccc([N+](=O)[O-])cc2)c([N+](=O)[O-])c1. The number of ether oxygens (including phenoxy) is 1. The van der Waals surface area contributed by atoms with E-state index in [2.05, 4.69) is 10.1 Å². The third kappa shape index (κ3) is 3.59. The first-order valence-electron chi connectivity index (χ1n) is 6.30. The second kappa shape index (κ2) is 6.52. The minimum absolute atomic E-state index is 0.0495. The van der Waals surface area contributed by atoms with Crippen molar-refractivity contribution in [1.29, 1.82) is 0 Å². The summed E-state index contributed by atoms with van der Waals surface area (Å²) in [4.78, 5) is 32.0. The van der Waals surface area contributed by atoms with Crippen molar-refractivity contribution in [3.63, 3.8) is 0 Å². The van der Waals surface area contributed by atoms with Crippen molar-refractivity contribution in [1.82, 2.24) is 0 Å². The lowest BCUT2D eigenvalue weighted by atomic mass is 10.1. The van der Waals surface area contributed by atoms with Crippen LogP contribution in [0.4, 0.5) is 22.7 Å². The number of non-ortho nitro benzene ring substituents is 1. The van der Waals surface area contributed by atoms with Crippen LogP contribution in [-0.4, -0.2) is 22.9 Å². The number of carbonyl (C=O) groups excluding carboxylic acids is 1. The van der Waals surface area contributed by atoms with Gasteiger partial charge in [-0.25, -0.2) is 4.79 Å². The second-order valence-electron chi connectivity index (χ2n) is 4.41. The molecule has 0 radical (unpaired) electrons. The molecular formula is C14H11N3O6. The fraction of sp³-hybridized carbons (Fsp3) is 0.0714. The van der Waals surface area contributed by atoms with Crippen LogP contribution in [0.2, 0.25) is 0 Å². The zero-order chi connectivity index (χ0) is 17.0. The first-order valence-corrected chi connectivity index (χ1v) is 6.30. The maximum Gasteiger partial charge on any atom is 0.338 e. The molecule has 0 saturated heterocycles. The lowest BCUT2D eigenvalue weighted by molar-refractivity contribution is -0.384. The highest BCUT2D eigenvalue weighted by molar-refractivity contribution is 5.91. The Labute approximate surface area is 129 Å².